The Kier molecular flexibility index (Phi) is 23.8. The van der Waals surface area contributed by atoms with Gasteiger partial charge in [-0.2, -0.15) is 26.3 Å². The molecule has 0 atom stereocenters. The minimum atomic E-state index is -4.40. The van der Waals surface area contributed by atoms with Crippen LogP contribution in [0.25, 0.3) is 154 Å². The maximum absolute atomic E-state index is 14.0. The Morgan fingerprint density at radius 2 is 0.413 bits per heavy atom. The second-order valence-electron chi connectivity index (χ2n) is 34.0. The quantitative estimate of drug-likeness (QED) is 0.0728. The first-order valence-electron chi connectivity index (χ1n) is 45.5. The van der Waals surface area contributed by atoms with Crippen LogP contribution in [-0.2, 0) is 12.4 Å². The summed E-state index contributed by atoms with van der Waals surface area (Å²) in [5.41, 5.74) is 28.7. The second-order valence-corrected chi connectivity index (χ2v) is 34.0. The molecule has 24 aromatic rings. The summed E-state index contributed by atoms with van der Waals surface area (Å²) in [6, 6.07) is 159. The maximum Gasteiger partial charge on any atom is 0.416 e. The van der Waals surface area contributed by atoms with Gasteiger partial charge in [-0.25, -0.2) is 4.39 Å². The molecule has 138 heavy (non-hydrogen) atoms. The van der Waals surface area contributed by atoms with Crippen LogP contribution in [0.4, 0.5) is 76.2 Å². The number of anilines is 8. The fourth-order valence-corrected chi connectivity index (χ4v) is 18.4. The zero-order chi connectivity index (χ0) is 93.8. The van der Waals surface area contributed by atoms with Gasteiger partial charge in [-0.15, -0.1) is 0 Å². The average molecular weight is 1810 g/mol. The molecule has 0 bridgehead atoms. The van der Waals surface area contributed by atoms with E-state index in [9.17, 15) is 30.7 Å². The third-order valence-corrected chi connectivity index (χ3v) is 25.1. The number of hydrogen-bond acceptors (Lipinski definition) is 4. The van der Waals surface area contributed by atoms with Crippen molar-refractivity contribution in [3.05, 3.63) is 508 Å². The molecular weight excluding hydrogens is 1720 g/mol. The van der Waals surface area contributed by atoms with Crippen LogP contribution >= 0.6 is 0 Å². The Bertz CT molecular complexity index is 8490. The molecule has 24 rings (SSSR count). The first kappa shape index (κ1) is 87.0. The predicted octanol–water partition coefficient (Wildman–Crippen LogP) is 35.3. The van der Waals surface area contributed by atoms with E-state index < -0.39 is 23.5 Å². The van der Waals surface area contributed by atoms with Gasteiger partial charge in [-0.05, 0) is 294 Å². The van der Waals surface area contributed by atoms with Gasteiger partial charge >= 0.3 is 12.4 Å². The monoisotopic (exact) mass is 1810 g/mol. The Hall–Kier alpha value is -17.7. The van der Waals surface area contributed by atoms with E-state index in [1.165, 1.54) is 74.5 Å². The third-order valence-electron chi connectivity index (χ3n) is 25.1. The Morgan fingerprint density at radius 1 is 0.174 bits per heavy atom. The highest BCUT2D eigenvalue weighted by Gasteiger charge is 2.32. The number of rotatable bonds is 16. The first-order chi connectivity index (χ1) is 67.5. The van der Waals surface area contributed by atoms with Crippen molar-refractivity contribution >= 4 is 133 Å². The minimum absolute atomic E-state index is 0.237. The van der Waals surface area contributed by atoms with Gasteiger partial charge < -0.3 is 39.5 Å². The summed E-state index contributed by atoms with van der Waals surface area (Å²) >= 11 is 0. The number of benzene rings is 20. The SMILES string of the molecule is Cc1ccc(-n2c3ccccc3c3cc(-c4ccc(Nc5ccccc5)cc4)ccc32)cc1.FC(F)(F)c1ccc(-n2c3ccccc3c3cc(-c4ccc(Nc5ccccc5)cc4)ccc32)cc1.FC(F)(F)c1cccc(-n2c3ccccc3c3cc(-c4ccc(Nc5ccccc5)cc4)ccc32)c1.Fc1cccc(-n2c3ccccc3c3cc(-c4ccc(Nc5ccccc5)cc4)ccc32)c1. The summed E-state index contributed by atoms with van der Waals surface area (Å²) in [6.45, 7) is 2.13. The lowest BCUT2D eigenvalue weighted by molar-refractivity contribution is -0.138. The van der Waals surface area contributed by atoms with Crippen molar-refractivity contribution in [2.24, 2.45) is 0 Å². The molecule has 0 saturated heterocycles. The normalized spacial score (nSPS) is 11.5. The smallest absolute Gasteiger partial charge is 0.356 e. The highest BCUT2D eigenvalue weighted by Crippen LogP contribution is 2.44. The molecule has 0 aliphatic carbocycles. The molecule has 20 aromatic carbocycles. The van der Waals surface area contributed by atoms with Gasteiger partial charge in [-0.3, -0.25) is 0 Å². The van der Waals surface area contributed by atoms with E-state index in [1.807, 2.05) is 191 Å². The van der Waals surface area contributed by atoms with Crippen LogP contribution < -0.4 is 21.3 Å². The largest absolute Gasteiger partial charge is 0.416 e. The molecule has 4 N–H and O–H groups in total. The van der Waals surface area contributed by atoms with Gasteiger partial charge in [0, 0.05) is 111 Å². The van der Waals surface area contributed by atoms with Gasteiger partial charge in [0.15, 0.2) is 0 Å². The van der Waals surface area contributed by atoms with E-state index >= 15 is 0 Å². The van der Waals surface area contributed by atoms with Crippen molar-refractivity contribution < 1.29 is 30.7 Å². The van der Waals surface area contributed by atoms with E-state index in [0.717, 1.165) is 168 Å². The molecule has 0 unspecified atom stereocenters. The lowest BCUT2D eigenvalue weighted by Gasteiger charge is -2.12. The molecule has 4 aromatic heterocycles. The van der Waals surface area contributed by atoms with E-state index in [0.29, 0.717) is 11.4 Å². The molecule has 0 saturated carbocycles. The average Bonchev–Trinajstić information content (AvgIpc) is 1.62. The van der Waals surface area contributed by atoms with Gasteiger partial charge in [0.2, 0.25) is 0 Å². The fourth-order valence-electron chi connectivity index (χ4n) is 18.4. The van der Waals surface area contributed by atoms with Crippen LogP contribution in [0.15, 0.2) is 485 Å². The van der Waals surface area contributed by atoms with E-state index in [-0.39, 0.29) is 5.82 Å². The number of hydrogen-bond donors (Lipinski definition) is 4. The molecule has 668 valence electrons. The van der Waals surface area contributed by atoms with Crippen LogP contribution in [0.2, 0.25) is 0 Å². The maximum atomic E-state index is 14.0. The Balaban J connectivity index is 0.000000110. The van der Waals surface area contributed by atoms with Gasteiger partial charge in [0.1, 0.15) is 5.82 Å². The van der Waals surface area contributed by atoms with Crippen LogP contribution in [-0.4, -0.2) is 18.3 Å². The third kappa shape index (κ3) is 18.3. The Labute approximate surface area is 792 Å². The lowest BCUT2D eigenvalue weighted by Crippen LogP contribution is -2.06. The van der Waals surface area contributed by atoms with Crippen molar-refractivity contribution in [2.45, 2.75) is 19.3 Å². The Morgan fingerprint density at radius 3 is 0.703 bits per heavy atom. The molecular formula is C123H87F7N8. The lowest BCUT2D eigenvalue weighted by atomic mass is 10.0. The molecule has 15 heteroatoms. The van der Waals surface area contributed by atoms with Gasteiger partial charge in [0.05, 0.1) is 55.3 Å². The number of para-hydroxylation sites is 8. The predicted molar refractivity (Wildman–Crippen MR) is 558 cm³/mol. The van der Waals surface area contributed by atoms with Crippen LogP contribution in [0.3, 0.4) is 0 Å². The molecule has 0 radical (unpaired) electrons. The van der Waals surface area contributed by atoms with Crippen molar-refractivity contribution in [3.63, 3.8) is 0 Å². The van der Waals surface area contributed by atoms with Crippen LogP contribution in [0.1, 0.15) is 16.7 Å². The van der Waals surface area contributed by atoms with E-state index in [4.69, 9.17) is 0 Å². The van der Waals surface area contributed by atoms with Crippen LogP contribution in [0.5, 0.6) is 0 Å². The highest BCUT2D eigenvalue weighted by molar-refractivity contribution is 6.14. The van der Waals surface area contributed by atoms with E-state index in [1.54, 1.807) is 18.2 Å². The number of fused-ring (bicyclic) bond motifs is 12. The minimum Gasteiger partial charge on any atom is -0.356 e. The van der Waals surface area contributed by atoms with Crippen molar-refractivity contribution in [1.29, 1.82) is 0 Å². The summed E-state index contributed by atoms with van der Waals surface area (Å²) in [5.74, 6) is -0.237. The zero-order valence-electron chi connectivity index (χ0n) is 74.6. The van der Waals surface area contributed by atoms with Crippen LogP contribution in [0, 0.1) is 12.7 Å². The molecule has 0 fully saturated rings. The summed E-state index contributed by atoms with van der Waals surface area (Å²) in [5, 5.41) is 22.6. The van der Waals surface area contributed by atoms with Crippen molar-refractivity contribution in [1.82, 2.24) is 18.3 Å². The number of halogens is 7. The summed E-state index contributed by atoms with van der Waals surface area (Å²) in [4.78, 5) is 0. The first-order valence-corrected chi connectivity index (χ1v) is 45.5. The topological polar surface area (TPSA) is 67.8 Å². The number of nitrogens with one attached hydrogen (secondary N) is 4. The molecule has 0 spiro atoms. The molecule has 8 nitrogen and oxygen atoms in total. The number of aryl methyl sites for hydroxylation is 1. The summed E-state index contributed by atoms with van der Waals surface area (Å²) in [7, 11) is 0. The number of nitrogens with zero attached hydrogens (tertiary/aromatic N) is 4. The molecule has 4 heterocycles. The standard InChI is InChI=1S/2C31H21F3N2.C31H24N2.C30H21FN2/c32-31(33,34)23-7-6-10-26(20-23)36-29-12-5-4-11-27(29)28-19-22(15-18-30(28)36)21-13-16-25(17-14-21)35-24-8-2-1-3-9-24;32-31(33,34)23-13-17-26(18-14-23)36-29-9-5-4-8-27(29)28-20-22(12-19-30(28)36)21-10-15-25(16-11-21)35-24-6-2-1-3-7-24;1-22-11-18-27(19-12-22)33-30-10-6-5-9-28(30)29-21-24(15-20-31(29)33)23-13-16-26(17-14-23)32-25-7-3-2-4-8-25;31-23-7-6-10-26(20-23)33-29-12-5-4-11-27(29)28-19-22(15-18-30(28)33)21-13-16-25(17-14-21)32-24-8-2-1-3-9-24/h2*1-20,35H;2-21,32H,1H3;1-20,32H. The number of alkyl halides is 6. The van der Waals surface area contributed by atoms with Gasteiger partial charge in [0.25, 0.3) is 0 Å². The zero-order valence-corrected chi connectivity index (χ0v) is 74.6. The van der Waals surface area contributed by atoms with Crippen molar-refractivity contribution in [3.8, 4) is 67.3 Å². The molecule has 0 amide bonds. The summed E-state index contributed by atoms with van der Waals surface area (Å²) in [6.07, 6.45) is -8.76. The molecule has 0 aliphatic heterocycles. The van der Waals surface area contributed by atoms with E-state index in [2.05, 4.69) is 274 Å². The highest BCUT2D eigenvalue weighted by atomic mass is 19.4. The summed E-state index contributed by atoms with van der Waals surface area (Å²) < 4.78 is 102. The fraction of sp³-hybridized carbons (Fsp3) is 0.0244. The molecule has 0 aliphatic rings. The van der Waals surface area contributed by atoms with Gasteiger partial charge in [-0.1, -0.05) is 248 Å². The number of aromatic nitrogens is 4. The second kappa shape index (κ2) is 37.8. The van der Waals surface area contributed by atoms with Crippen molar-refractivity contribution in [2.75, 3.05) is 21.3 Å².